The minimum absolute atomic E-state index is 0.219. The van der Waals surface area contributed by atoms with Crippen LogP contribution in [0.25, 0.3) is 6.08 Å². The van der Waals surface area contributed by atoms with Crippen LogP contribution >= 0.6 is 15.9 Å². The van der Waals surface area contributed by atoms with Crippen molar-refractivity contribution in [2.45, 2.75) is 13.8 Å². The average molecular weight is 393 g/mol. The van der Waals surface area contributed by atoms with E-state index in [0.717, 1.165) is 15.8 Å². The lowest BCUT2D eigenvalue weighted by molar-refractivity contribution is -0.128. The number of amides is 2. The van der Waals surface area contributed by atoms with Gasteiger partial charge >= 0.3 is 0 Å². The van der Waals surface area contributed by atoms with Crippen molar-refractivity contribution in [1.82, 2.24) is 10.9 Å². The van der Waals surface area contributed by atoms with Gasteiger partial charge in [0.1, 0.15) is 17.3 Å². The van der Waals surface area contributed by atoms with Gasteiger partial charge in [0.2, 0.25) is 0 Å². The van der Waals surface area contributed by atoms with E-state index in [4.69, 9.17) is 9.15 Å². The van der Waals surface area contributed by atoms with Crippen LogP contribution in [0.2, 0.25) is 0 Å². The van der Waals surface area contributed by atoms with Crippen molar-refractivity contribution in [3.05, 3.63) is 58.0 Å². The molecule has 0 unspecified atom stereocenters. The first kappa shape index (κ1) is 17.8. The Bertz CT molecular complexity index is 768. The van der Waals surface area contributed by atoms with E-state index in [9.17, 15) is 9.59 Å². The molecule has 0 spiro atoms. The molecule has 2 amide bonds. The molecule has 0 aliphatic heterocycles. The Kier molecular flexibility index (Phi) is 6.20. The zero-order valence-corrected chi connectivity index (χ0v) is 14.8. The Morgan fingerprint density at radius 2 is 2.00 bits per heavy atom. The highest BCUT2D eigenvalue weighted by Crippen LogP contribution is 2.25. The van der Waals surface area contributed by atoms with Gasteiger partial charge in [-0.3, -0.25) is 20.4 Å². The first-order chi connectivity index (χ1) is 11.4. The molecule has 0 saturated carbocycles. The highest BCUT2D eigenvalue weighted by Gasteiger charge is 2.06. The standard InChI is InChI=1S/C17H17BrN2O4/c1-11-3-7-15(14(18)9-11)23-10-17(22)20-19-16(21)8-6-13-5-4-12(2)24-13/h3-9H,10H2,1-2H3,(H,19,21)(H,20,22)/b8-6+. The normalized spacial score (nSPS) is 10.6. The lowest BCUT2D eigenvalue weighted by atomic mass is 10.2. The summed E-state index contributed by atoms with van der Waals surface area (Å²) >= 11 is 3.36. The lowest BCUT2D eigenvalue weighted by Gasteiger charge is -2.09. The van der Waals surface area contributed by atoms with Gasteiger partial charge in [-0.15, -0.1) is 0 Å². The minimum atomic E-state index is -0.478. The number of hydrogen-bond donors (Lipinski definition) is 2. The van der Waals surface area contributed by atoms with Crippen molar-refractivity contribution in [1.29, 1.82) is 0 Å². The van der Waals surface area contributed by atoms with Gasteiger partial charge in [-0.1, -0.05) is 6.07 Å². The maximum Gasteiger partial charge on any atom is 0.276 e. The Balaban J connectivity index is 1.74. The SMILES string of the molecule is Cc1ccc(OCC(=O)NNC(=O)/C=C/c2ccc(C)o2)c(Br)c1. The minimum Gasteiger partial charge on any atom is -0.483 e. The summed E-state index contributed by atoms with van der Waals surface area (Å²) in [6.45, 7) is 3.54. The molecule has 1 heterocycles. The number of rotatable bonds is 5. The molecule has 2 rings (SSSR count). The molecule has 0 aliphatic rings. The van der Waals surface area contributed by atoms with E-state index < -0.39 is 11.8 Å². The summed E-state index contributed by atoms with van der Waals surface area (Å²) in [7, 11) is 0. The fraction of sp³-hybridized carbons (Fsp3) is 0.176. The van der Waals surface area contributed by atoms with Gasteiger partial charge in [-0.25, -0.2) is 0 Å². The number of ether oxygens (including phenoxy) is 1. The predicted octanol–water partition coefficient (Wildman–Crippen LogP) is 2.90. The summed E-state index contributed by atoms with van der Waals surface area (Å²) in [5.74, 6) is 0.909. The molecule has 7 heteroatoms. The second kappa shape index (κ2) is 8.35. The fourth-order valence-corrected chi connectivity index (χ4v) is 2.38. The van der Waals surface area contributed by atoms with Crippen LogP contribution < -0.4 is 15.6 Å². The summed E-state index contributed by atoms with van der Waals surface area (Å²) in [5.41, 5.74) is 5.60. The van der Waals surface area contributed by atoms with Crippen molar-refractivity contribution in [2.75, 3.05) is 6.61 Å². The number of furan rings is 1. The largest absolute Gasteiger partial charge is 0.483 e. The molecule has 0 radical (unpaired) electrons. The van der Waals surface area contributed by atoms with Crippen LogP contribution in [0.3, 0.4) is 0 Å². The number of nitrogens with one attached hydrogen (secondary N) is 2. The van der Waals surface area contributed by atoms with Crippen LogP contribution in [0.5, 0.6) is 5.75 Å². The number of benzene rings is 1. The van der Waals surface area contributed by atoms with Crippen molar-refractivity contribution in [2.24, 2.45) is 0 Å². The van der Waals surface area contributed by atoms with Crippen LogP contribution in [0.1, 0.15) is 17.1 Å². The van der Waals surface area contributed by atoms with E-state index in [1.807, 2.05) is 26.0 Å². The Hall–Kier alpha value is -2.54. The van der Waals surface area contributed by atoms with E-state index in [-0.39, 0.29) is 6.61 Å². The molecule has 2 aromatic rings. The molecule has 0 aliphatic carbocycles. The third-order valence-electron chi connectivity index (χ3n) is 2.93. The number of carbonyl (C=O) groups excluding carboxylic acids is 2. The van der Waals surface area contributed by atoms with E-state index in [2.05, 4.69) is 26.8 Å². The molecule has 6 nitrogen and oxygen atoms in total. The number of carbonyl (C=O) groups is 2. The molecule has 0 fully saturated rings. The number of aryl methyl sites for hydroxylation is 2. The highest BCUT2D eigenvalue weighted by molar-refractivity contribution is 9.10. The maximum absolute atomic E-state index is 11.7. The zero-order valence-electron chi connectivity index (χ0n) is 13.3. The molecular weight excluding hydrogens is 376 g/mol. The van der Waals surface area contributed by atoms with E-state index in [0.29, 0.717) is 11.5 Å². The Morgan fingerprint density at radius 1 is 1.21 bits per heavy atom. The molecule has 0 atom stereocenters. The third kappa shape index (κ3) is 5.58. The quantitative estimate of drug-likeness (QED) is 0.605. The zero-order chi connectivity index (χ0) is 17.5. The van der Waals surface area contributed by atoms with Crippen molar-refractivity contribution in [3.8, 4) is 5.75 Å². The summed E-state index contributed by atoms with van der Waals surface area (Å²) in [6.07, 6.45) is 2.77. The average Bonchev–Trinajstić information content (AvgIpc) is 2.95. The fourth-order valence-electron chi connectivity index (χ4n) is 1.78. The van der Waals surface area contributed by atoms with E-state index >= 15 is 0 Å². The topological polar surface area (TPSA) is 80.6 Å². The van der Waals surface area contributed by atoms with Gasteiger partial charge < -0.3 is 9.15 Å². The van der Waals surface area contributed by atoms with Gasteiger partial charge in [0.15, 0.2) is 6.61 Å². The van der Waals surface area contributed by atoms with Crippen molar-refractivity contribution >= 4 is 33.8 Å². The first-order valence-electron chi connectivity index (χ1n) is 7.16. The molecule has 1 aromatic heterocycles. The monoisotopic (exact) mass is 392 g/mol. The van der Waals surface area contributed by atoms with Crippen molar-refractivity contribution < 1.29 is 18.7 Å². The first-order valence-corrected chi connectivity index (χ1v) is 7.95. The van der Waals surface area contributed by atoms with Gasteiger partial charge in [-0.05, 0) is 65.7 Å². The molecule has 24 heavy (non-hydrogen) atoms. The molecule has 0 saturated heterocycles. The smallest absolute Gasteiger partial charge is 0.276 e. The van der Waals surface area contributed by atoms with Crippen molar-refractivity contribution in [3.63, 3.8) is 0 Å². The number of hydrazine groups is 1. The second-order valence-corrected chi connectivity index (χ2v) is 5.90. The van der Waals surface area contributed by atoms with Crippen LogP contribution in [0.4, 0.5) is 0 Å². The molecular formula is C17H17BrN2O4. The molecule has 0 bridgehead atoms. The molecule has 1 aromatic carbocycles. The predicted molar refractivity (Wildman–Crippen MR) is 93.1 cm³/mol. The van der Waals surface area contributed by atoms with Gasteiger partial charge in [0, 0.05) is 6.08 Å². The van der Waals surface area contributed by atoms with Crippen LogP contribution in [0.15, 0.2) is 45.3 Å². The number of hydrogen-bond acceptors (Lipinski definition) is 4. The Morgan fingerprint density at radius 3 is 2.67 bits per heavy atom. The van der Waals surface area contributed by atoms with Crippen LogP contribution in [0, 0.1) is 13.8 Å². The lowest BCUT2D eigenvalue weighted by Crippen LogP contribution is -2.43. The van der Waals surface area contributed by atoms with Crippen LogP contribution in [-0.2, 0) is 9.59 Å². The van der Waals surface area contributed by atoms with Gasteiger partial charge in [0.25, 0.3) is 11.8 Å². The number of halogens is 1. The Labute approximate surface area is 148 Å². The summed E-state index contributed by atoms with van der Waals surface area (Å²) in [6, 6.07) is 9.06. The van der Waals surface area contributed by atoms with E-state index in [1.165, 1.54) is 12.2 Å². The third-order valence-corrected chi connectivity index (χ3v) is 3.55. The molecule has 126 valence electrons. The van der Waals surface area contributed by atoms with Gasteiger partial charge in [-0.2, -0.15) is 0 Å². The molecule has 2 N–H and O–H groups in total. The summed E-state index contributed by atoms with van der Waals surface area (Å²) in [5, 5.41) is 0. The van der Waals surface area contributed by atoms with Crippen LogP contribution in [-0.4, -0.2) is 18.4 Å². The summed E-state index contributed by atoms with van der Waals surface area (Å²) < 4.78 is 11.4. The second-order valence-electron chi connectivity index (χ2n) is 5.04. The van der Waals surface area contributed by atoms with E-state index in [1.54, 1.807) is 18.2 Å². The van der Waals surface area contributed by atoms with Gasteiger partial charge in [0.05, 0.1) is 4.47 Å². The summed E-state index contributed by atoms with van der Waals surface area (Å²) in [4.78, 5) is 23.3. The maximum atomic E-state index is 11.7. The highest BCUT2D eigenvalue weighted by atomic mass is 79.9.